The molecule has 2 aromatic carbocycles. The molecule has 45 heavy (non-hydrogen) atoms. The van der Waals surface area contributed by atoms with Gasteiger partial charge in [-0.1, -0.05) is 12.1 Å². The van der Waals surface area contributed by atoms with Crippen LogP contribution in [0.2, 0.25) is 0 Å². The number of hydrogen-bond donors (Lipinski definition) is 0. The van der Waals surface area contributed by atoms with Crippen LogP contribution >= 0.6 is 0 Å². The number of halogens is 3. The lowest BCUT2D eigenvalue weighted by Gasteiger charge is -2.33. The van der Waals surface area contributed by atoms with Crippen LogP contribution in [0.3, 0.4) is 0 Å². The Kier molecular flexibility index (Phi) is 7.16. The molecule has 3 fully saturated rings. The van der Waals surface area contributed by atoms with Gasteiger partial charge in [0.1, 0.15) is 24.1 Å². The van der Waals surface area contributed by atoms with Gasteiger partial charge in [0.25, 0.3) is 5.92 Å². The Morgan fingerprint density at radius 2 is 1.93 bits per heavy atom. The lowest BCUT2D eigenvalue weighted by molar-refractivity contribution is -0.0591. The summed E-state index contributed by atoms with van der Waals surface area (Å²) in [6, 6.07) is 16.2. The van der Waals surface area contributed by atoms with Crippen molar-refractivity contribution in [2.24, 2.45) is 5.41 Å². The lowest BCUT2D eigenvalue weighted by atomic mass is 9.90. The number of piperidine rings is 1. The fraction of sp³-hybridized carbons (Fsp3) is 0.394. The molecule has 0 N–H and O–H groups in total. The standard InChI is InChI=1S/C33H30F3N5O4/c1-43-31(42)21-7-8-25-26(16-21)41(18-23-9-14-44-23)30(38-25)29-32(33(29,35)36)10-12-40(13-11-32)27-3-2-4-28(39-27)45-19-22-6-5-20(17-37)15-24(22)34/h2-8,15-16,23,29H,9-14,18-19H2,1H3/t23-,29?/m0/s1. The molecular weight excluding hydrogens is 587 g/mol. The van der Waals surface area contributed by atoms with Crippen LogP contribution in [-0.4, -0.2) is 59.3 Å². The van der Waals surface area contributed by atoms with Gasteiger partial charge in [0.05, 0.1) is 59.3 Å². The number of imidazole rings is 1. The number of methoxy groups -OCH3 is 1. The second kappa shape index (κ2) is 11.1. The summed E-state index contributed by atoms with van der Waals surface area (Å²) in [6.45, 7) is 1.68. The Labute approximate surface area is 257 Å². The van der Waals surface area contributed by atoms with Crippen LogP contribution in [0.5, 0.6) is 5.88 Å². The second-order valence-corrected chi connectivity index (χ2v) is 11.8. The average Bonchev–Trinajstić information content (AvgIpc) is 3.29. The van der Waals surface area contributed by atoms with Crippen molar-refractivity contribution in [1.29, 1.82) is 5.26 Å². The Morgan fingerprint density at radius 3 is 2.62 bits per heavy atom. The van der Waals surface area contributed by atoms with E-state index in [2.05, 4.69) is 4.98 Å². The number of nitriles is 1. The van der Waals surface area contributed by atoms with E-state index >= 15 is 8.78 Å². The first kappa shape index (κ1) is 29.1. The second-order valence-electron chi connectivity index (χ2n) is 11.8. The molecule has 1 spiro atoms. The van der Waals surface area contributed by atoms with Gasteiger partial charge in [-0.3, -0.25) is 0 Å². The normalized spacial score (nSPS) is 21.3. The number of nitrogens with zero attached hydrogens (tertiary/aromatic N) is 5. The van der Waals surface area contributed by atoms with Crippen LogP contribution in [0.1, 0.15) is 52.5 Å². The fourth-order valence-electron chi connectivity index (χ4n) is 6.65. The molecule has 232 valence electrons. The number of alkyl halides is 2. The SMILES string of the molecule is COC(=O)c1ccc2nc(C3C(F)(F)C34CCN(c3cccc(OCc5ccc(C#N)cc5F)n3)CC4)n(C[C@@H]3CCO3)c2c1. The summed E-state index contributed by atoms with van der Waals surface area (Å²) in [5.41, 5.74) is 0.767. The van der Waals surface area contributed by atoms with E-state index in [0.29, 0.717) is 60.0 Å². The summed E-state index contributed by atoms with van der Waals surface area (Å²) < 4.78 is 64.1. The van der Waals surface area contributed by atoms with Crippen LogP contribution < -0.4 is 9.64 Å². The molecule has 2 saturated heterocycles. The molecule has 0 radical (unpaired) electrons. The van der Waals surface area contributed by atoms with Crippen molar-refractivity contribution in [2.75, 3.05) is 31.7 Å². The van der Waals surface area contributed by atoms with Crippen molar-refractivity contribution >= 4 is 22.8 Å². The largest absolute Gasteiger partial charge is 0.473 e. The number of fused-ring (bicyclic) bond motifs is 1. The van der Waals surface area contributed by atoms with E-state index in [9.17, 15) is 9.18 Å². The Morgan fingerprint density at radius 1 is 1.13 bits per heavy atom. The number of esters is 1. The molecule has 12 heteroatoms. The maximum atomic E-state index is 15.9. The molecule has 0 amide bonds. The number of rotatable bonds is 8. The summed E-state index contributed by atoms with van der Waals surface area (Å²) in [7, 11) is 1.30. The molecule has 1 saturated carbocycles. The number of benzene rings is 2. The van der Waals surface area contributed by atoms with Gasteiger partial charge >= 0.3 is 5.97 Å². The van der Waals surface area contributed by atoms with Crippen LogP contribution in [-0.2, 0) is 22.6 Å². The van der Waals surface area contributed by atoms with E-state index in [4.69, 9.17) is 24.5 Å². The lowest BCUT2D eigenvalue weighted by Crippen LogP contribution is -2.37. The van der Waals surface area contributed by atoms with Gasteiger partial charge in [0.2, 0.25) is 5.88 Å². The highest BCUT2D eigenvalue weighted by atomic mass is 19.3. The predicted octanol–water partition coefficient (Wildman–Crippen LogP) is 5.62. The zero-order valence-corrected chi connectivity index (χ0v) is 24.5. The van der Waals surface area contributed by atoms with Gasteiger partial charge in [-0.15, -0.1) is 0 Å². The smallest absolute Gasteiger partial charge is 0.337 e. The van der Waals surface area contributed by atoms with Crippen molar-refractivity contribution in [1.82, 2.24) is 14.5 Å². The monoisotopic (exact) mass is 617 g/mol. The maximum absolute atomic E-state index is 15.9. The number of anilines is 1. The number of hydrogen-bond acceptors (Lipinski definition) is 8. The minimum atomic E-state index is -2.95. The summed E-state index contributed by atoms with van der Waals surface area (Å²) in [5.74, 6) is -3.86. The minimum absolute atomic E-state index is 0.0704. The molecule has 2 aromatic heterocycles. The molecule has 2 aliphatic heterocycles. The van der Waals surface area contributed by atoms with E-state index in [1.807, 2.05) is 15.5 Å². The first-order chi connectivity index (χ1) is 21.7. The van der Waals surface area contributed by atoms with Crippen molar-refractivity contribution in [3.8, 4) is 11.9 Å². The fourth-order valence-corrected chi connectivity index (χ4v) is 6.65. The highest BCUT2D eigenvalue weighted by molar-refractivity contribution is 5.93. The topological polar surface area (TPSA) is 102 Å². The van der Waals surface area contributed by atoms with E-state index in [1.165, 1.54) is 19.2 Å². The van der Waals surface area contributed by atoms with Gasteiger partial charge < -0.3 is 23.7 Å². The predicted molar refractivity (Wildman–Crippen MR) is 157 cm³/mol. The van der Waals surface area contributed by atoms with E-state index in [-0.39, 0.29) is 37.0 Å². The van der Waals surface area contributed by atoms with Gasteiger partial charge in [-0.05, 0) is 55.7 Å². The number of aromatic nitrogens is 3. The van der Waals surface area contributed by atoms with Gasteiger partial charge in [0, 0.05) is 31.3 Å². The molecule has 4 heterocycles. The summed E-state index contributed by atoms with van der Waals surface area (Å²) in [4.78, 5) is 23.4. The zero-order valence-electron chi connectivity index (χ0n) is 24.5. The van der Waals surface area contributed by atoms with E-state index < -0.39 is 29.0 Å². The summed E-state index contributed by atoms with van der Waals surface area (Å²) in [5, 5.41) is 8.94. The van der Waals surface area contributed by atoms with Gasteiger partial charge in [-0.25, -0.2) is 22.9 Å². The van der Waals surface area contributed by atoms with Crippen molar-refractivity contribution in [2.45, 2.75) is 50.4 Å². The molecule has 1 aliphatic carbocycles. The third kappa shape index (κ3) is 4.95. The van der Waals surface area contributed by atoms with E-state index in [1.54, 1.807) is 36.4 Å². The quantitative estimate of drug-likeness (QED) is 0.235. The molecule has 2 atom stereocenters. The first-order valence-corrected chi connectivity index (χ1v) is 14.9. The highest BCUT2D eigenvalue weighted by Crippen LogP contribution is 2.75. The molecule has 3 aliphatic rings. The van der Waals surface area contributed by atoms with Gasteiger partial charge in [0.15, 0.2) is 0 Å². The molecule has 7 rings (SSSR count). The van der Waals surface area contributed by atoms with Crippen LogP contribution in [0.25, 0.3) is 11.0 Å². The highest BCUT2D eigenvalue weighted by Gasteiger charge is 2.81. The third-order valence-electron chi connectivity index (χ3n) is 9.38. The van der Waals surface area contributed by atoms with Crippen molar-refractivity contribution in [3.05, 3.63) is 82.9 Å². The van der Waals surface area contributed by atoms with Crippen molar-refractivity contribution in [3.63, 3.8) is 0 Å². The van der Waals surface area contributed by atoms with Crippen molar-refractivity contribution < 1.29 is 32.2 Å². The number of carbonyl (C=O) groups is 1. The number of carbonyl (C=O) groups excluding carboxylic acids is 1. The van der Waals surface area contributed by atoms with Crippen LogP contribution in [0.15, 0.2) is 54.6 Å². The Balaban J connectivity index is 1.09. The maximum Gasteiger partial charge on any atom is 0.337 e. The molecule has 4 aromatic rings. The molecule has 9 nitrogen and oxygen atoms in total. The average molecular weight is 618 g/mol. The van der Waals surface area contributed by atoms with Crippen LogP contribution in [0, 0.1) is 22.6 Å². The zero-order chi connectivity index (χ0) is 31.3. The summed E-state index contributed by atoms with van der Waals surface area (Å²) in [6.07, 6.45) is 1.21. The first-order valence-electron chi connectivity index (χ1n) is 14.9. The van der Waals surface area contributed by atoms with E-state index in [0.717, 1.165) is 12.5 Å². The number of ether oxygens (including phenoxy) is 3. The molecule has 1 unspecified atom stereocenters. The van der Waals surface area contributed by atoms with Gasteiger partial charge in [-0.2, -0.15) is 10.2 Å². The third-order valence-corrected chi connectivity index (χ3v) is 9.38. The minimum Gasteiger partial charge on any atom is -0.473 e. The Hall–Kier alpha value is -4.63. The Bertz CT molecular complexity index is 1820. The molecular formula is C33H30F3N5O4. The number of pyridine rings is 1. The summed E-state index contributed by atoms with van der Waals surface area (Å²) >= 11 is 0. The van der Waals surface area contributed by atoms with Crippen LogP contribution in [0.4, 0.5) is 19.0 Å². The molecule has 0 bridgehead atoms.